The van der Waals surface area contributed by atoms with E-state index in [2.05, 4.69) is 10.3 Å². The van der Waals surface area contributed by atoms with Crippen LogP contribution in [0.15, 0.2) is 18.5 Å². The van der Waals surface area contributed by atoms with Crippen LogP contribution in [0.3, 0.4) is 0 Å². The van der Waals surface area contributed by atoms with Gasteiger partial charge < -0.3 is 10.4 Å². The summed E-state index contributed by atoms with van der Waals surface area (Å²) in [6, 6.07) is 1.25. The number of aromatic nitrogens is 1. The summed E-state index contributed by atoms with van der Waals surface area (Å²) in [5.74, 6) is -0.490. The van der Waals surface area contributed by atoms with Gasteiger partial charge in [0.1, 0.15) is 5.82 Å². The van der Waals surface area contributed by atoms with Crippen molar-refractivity contribution in [2.24, 2.45) is 0 Å². The molecule has 2 atom stereocenters. The summed E-state index contributed by atoms with van der Waals surface area (Å²) in [6.07, 6.45) is 6.64. The number of carbonyl (C=O) groups excluding carboxylic acids is 1. The Labute approximate surface area is 112 Å². The average Bonchev–Trinajstić information content (AvgIpc) is 2.39. The van der Waals surface area contributed by atoms with Gasteiger partial charge in [0.15, 0.2) is 0 Å². The number of nitrogens with zero attached hydrogens (tertiary/aromatic N) is 1. The van der Waals surface area contributed by atoms with E-state index >= 15 is 0 Å². The Hall–Kier alpha value is -1.49. The lowest BCUT2D eigenvalue weighted by Crippen LogP contribution is -2.45. The molecule has 1 aliphatic rings. The Balaban J connectivity index is 1.78. The molecule has 2 rings (SSSR count). The summed E-state index contributed by atoms with van der Waals surface area (Å²) in [6.45, 7) is 0. The SMILES string of the molecule is O=C(CCc1cncc(F)c1)NC1CCCCC1O. The lowest BCUT2D eigenvalue weighted by atomic mass is 9.92. The number of halogens is 1. The van der Waals surface area contributed by atoms with Crippen LogP contribution in [0.5, 0.6) is 0 Å². The van der Waals surface area contributed by atoms with Crippen molar-refractivity contribution in [2.75, 3.05) is 0 Å². The largest absolute Gasteiger partial charge is 0.391 e. The van der Waals surface area contributed by atoms with E-state index in [9.17, 15) is 14.3 Å². The minimum Gasteiger partial charge on any atom is -0.391 e. The zero-order valence-corrected chi connectivity index (χ0v) is 10.8. The van der Waals surface area contributed by atoms with Crippen molar-refractivity contribution < 1.29 is 14.3 Å². The van der Waals surface area contributed by atoms with Gasteiger partial charge in [0.05, 0.1) is 18.3 Å². The molecule has 1 aliphatic carbocycles. The molecule has 0 bridgehead atoms. The number of carbonyl (C=O) groups is 1. The Kier molecular flexibility index (Phi) is 4.85. The maximum atomic E-state index is 12.9. The van der Waals surface area contributed by atoms with Crippen LogP contribution in [-0.2, 0) is 11.2 Å². The van der Waals surface area contributed by atoms with Gasteiger partial charge in [0, 0.05) is 12.6 Å². The molecule has 5 heteroatoms. The Bertz CT molecular complexity index is 439. The smallest absolute Gasteiger partial charge is 0.220 e. The molecular weight excluding hydrogens is 247 g/mol. The zero-order chi connectivity index (χ0) is 13.7. The van der Waals surface area contributed by atoms with E-state index in [1.54, 1.807) is 6.20 Å². The third kappa shape index (κ3) is 4.28. The number of aliphatic hydroxyl groups is 1. The van der Waals surface area contributed by atoms with Gasteiger partial charge in [0.2, 0.25) is 5.91 Å². The summed E-state index contributed by atoms with van der Waals surface area (Å²) in [4.78, 5) is 15.5. The fourth-order valence-corrected chi connectivity index (χ4v) is 2.41. The van der Waals surface area contributed by atoms with Crippen LogP contribution in [0, 0.1) is 5.82 Å². The minimum absolute atomic E-state index is 0.102. The summed E-state index contributed by atoms with van der Waals surface area (Å²) in [5, 5.41) is 12.6. The van der Waals surface area contributed by atoms with Gasteiger partial charge in [-0.05, 0) is 30.9 Å². The third-order valence-electron chi connectivity index (χ3n) is 3.48. The molecule has 2 unspecified atom stereocenters. The third-order valence-corrected chi connectivity index (χ3v) is 3.48. The van der Waals surface area contributed by atoms with Crippen LogP contribution in [0.2, 0.25) is 0 Å². The highest BCUT2D eigenvalue weighted by molar-refractivity contribution is 5.76. The zero-order valence-electron chi connectivity index (χ0n) is 10.8. The van der Waals surface area contributed by atoms with Gasteiger partial charge in [-0.15, -0.1) is 0 Å². The monoisotopic (exact) mass is 266 g/mol. The summed E-state index contributed by atoms with van der Waals surface area (Å²) in [7, 11) is 0. The highest BCUT2D eigenvalue weighted by Crippen LogP contribution is 2.18. The highest BCUT2D eigenvalue weighted by Gasteiger charge is 2.24. The number of nitrogens with one attached hydrogen (secondary N) is 1. The number of hydrogen-bond donors (Lipinski definition) is 2. The predicted octanol–water partition coefficient (Wildman–Crippen LogP) is 1.57. The van der Waals surface area contributed by atoms with E-state index in [0.29, 0.717) is 12.0 Å². The standard InChI is InChI=1S/C14H19FN2O2/c15-11-7-10(8-16-9-11)5-6-14(19)17-12-3-1-2-4-13(12)18/h7-9,12-13,18H,1-6H2,(H,17,19). The first kappa shape index (κ1) is 13.9. The van der Waals surface area contributed by atoms with Crippen molar-refractivity contribution in [1.29, 1.82) is 0 Å². The topological polar surface area (TPSA) is 62.2 Å². The molecule has 1 fully saturated rings. The molecule has 1 aromatic heterocycles. The lowest BCUT2D eigenvalue weighted by molar-refractivity contribution is -0.123. The molecule has 0 radical (unpaired) electrons. The van der Waals surface area contributed by atoms with Crippen molar-refractivity contribution >= 4 is 5.91 Å². The molecule has 0 spiro atoms. The molecular formula is C14H19FN2O2. The first-order chi connectivity index (χ1) is 9.15. The van der Waals surface area contributed by atoms with Gasteiger partial charge in [0.25, 0.3) is 0 Å². The van der Waals surface area contributed by atoms with E-state index in [4.69, 9.17) is 0 Å². The molecule has 19 heavy (non-hydrogen) atoms. The van der Waals surface area contributed by atoms with Crippen molar-refractivity contribution in [2.45, 2.75) is 50.7 Å². The molecule has 2 N–H and O–H groups in total. The maximum absolute atomic E-state index is 12.9. The predicted molar refractivity (Wildman–Crippen MR) is 68.9 cm³/mol. The van der Waals surface area contributed by atoms with Crippen molar-refractivity contribution in [3.8, 4) is 0 Å². The van der Waals surface area contributed by atoms with Crippen molar-refractivity contribution in [1.82, 2.24) is 10.3 Å². The highest BCUT2D eigenvalue weighted by atomic mass is 19.1. The Morgan fingerprint density at radius 1 is 1.42 bits per heavy atom. The molecule has 1 aromatic rings. The summed E-state index contributed by atoms with van der Waals surface area (Å²) >= 11 is 0. The summed E-state index contributed by atoms with van der Waals surface area (Å²) < 4.78 is 12.9. The Morgan fingerprint density at radius 3 is 2.95 bits per heavy atom. The molecule has 4 nitrogen and oxygen atoms in total. The first-order valence-electron chi connectivity index (χ1n) is 6.72. The quantitative estimate of drug-likeness (QED) is 0.869. The summed E-state index contributed by atoms with van der Waals surface area (Å²) in [5.41, 5.74) is 0.708. The fourth-order valence-electron chi connectivity index (χ4n) is 2.41. The first-order valence-corrected chi connectivity index (χ1v) is 6.72. The van der Waals surface area contributed by atoms with Crippen LogP contribution in [-0.4, -0.2) is 28.1 Å². The molecule has 1 saturated carbocycles. The van der Waals surface area contributed by atoms with E-state index < -0.39 is 6.10 Å². The number of rotatable bonds is 4. The molecule has 0 aliphatic heterocycles. The molecule has 0 aromatic carbocycles. The van der Waals surface area contributed by atoms with Crippen molar-refractivity contribution in [3.63, 3.8) is 0 Å². The van der Waals surface area contributed by atoms with Gasteiger partial charge >= 0.3 is 0 Å². The fraction of sp³-hybridized carbons (Fsp3) is 0.571. The molecule has 104 valence electrons. The number of aliphatic hydroxyl groups excluding tert-OH is 1. The van der Waals surface area contributed by atoms with Crippen LogP contribution in [0.25, 0.3) is 0 Å². The van der Waals surface area contributed by atoms with Crippen LogP contribution in [0.4, 0.5) is 4.39 Å². The maximum Gasteiger partial charge on any atom is 0.220 e. The van der Waals surface area contributed by atoms with Crippen LogP contribution in [0.1, 0.15) is 37.7 Å². The van der Waals surface area contributed by atoms with Gasteiger partial charge in [-0.25, -0.2) is 4.39 Å². The molecule has 0 saturated heterocycles. The van der Waals surface area contributed by atoms with Crippen LogP contribution < -0.4 is 5.32 Å². The van der Waals surface area contributed by atoms with E-state index in [1.807, 2.05) is 0 Å². The van der Waals surface area contributed by atoms with Gasteiger partial charge in [-0.2, -0.15) is 0 Å². The van der Waals surface area contributed by atoms with Gasteiger partial charge in [-0.1, -0.05) is 12.8 Å². The number of aryl methyl sites for hydroxylation is 1. The number of hydrogen-bond acceptors (Lipinski definition) is 3. The lowest BCUT2D eigenvalue weighted by Gasteiger charge is -2.28. The number of pyridine rings is 1. The molecule has 1 amide bonds. The van der Waals surface area contributed by atoms with E-state index in [0.717, 1.165) is 31.9 Å². The average molecular weight is 266 g/mol. The van der Waals surface area contributed by atoms with E-state index in [-0.39, 0.29) is 24.2 Å². The second-order valence-electron chi connectivity index (χ2n) is 5.04. The van der Waals surface area contributed by atoms with Crippen LogP contribution >= 0.6 is 0 Å². The second kappa shape index (κ2) is 6.61. The molecule has 1 heterocycles. The van der Waals surface area contributed by atoms with E-state index in [1.165, 1.54) is 6.07 Å². The Morgan fingerprint density at radius 2 is 2.21 bits per heavy atom. The van der Waals surface area contributed by atoms with Gasteiger partial charge in [-0.3, -0.25) is 9.78 Å². The van der Waals surface area contributed by atoms with Crippen molar-refractivity contribution in [3.05, 3.63) is 29.8 Å². The number of amides is 1. The normalized spacial score (nSPS) is 23.1. The minimum atomic E-state index is -0.437. The second-order valence-corrected chi connectivity index (χ2v) is 5.04.